The molecule has 0 spiro atoms. The summed E-state index contributed by atoms with van der Waals surface area (Å²) in [4.78, 5) is 20.9. The van der Waals surface area contributed by atoms with Crippen molar-refractivity contribution in [2.75, 3.05) is 37.7 Å². The van der Waals surface area contributed by atoms with Crippen LogP contribution in [0.5, 0.6) is 5.88 Å². The predicted molar refractivity (Wildman–Crippen MR) is 102 cm³/mol. The Bertz CT molecular complexity index is 708. The van der Waals surface area contributed by atoms with E-state index in [0.717, 1.165) is 38.2 Å². The van der Waals surface area contributed by atoms with Gasteiger partial charge < -0.3 is 19.9 Å². The van der Waals surface area contributed by atoms with E-state index < -0.39 is 0 Å². The summed E-state index contributed by atoms with van der Waals surface area (Å²) < 4.78 is 5.40. The zero-order valence-electron chi connectivity index (χ0n) is 15.2. The van der Waals surface area contributed by atoms with Crippen LogP contribution in [0.2, 0.25) is 0 Å². The number of aromatic nitrogens is 1. The second kappa shape index (κ2) is 9.08. The number of carbonyl (C=O) groups is 1. The summed E-state index contributed by atoms with van der Waals surface area (Å²) in [5, 5.41) is 3.01. The second-order valence-corrected chi connectivity index (χ2v) is 6.26. The first-order valence-corrected chi connectivity index (χ1v) is 9.17. The molecule has 1 aliphatic rings. The SMILES string of the molecule is CCOc1cc(CNC(=O)N2CCCN(c3ccccc3)CC2)ccn1. The maximum atomic E-state index is 12.5. The fraction of sp³-hybridized carbons (Fsp3) is 0.400. The van der Waals surface area contributed by atoms with Crippen LogP contribution in [0.3, 0.4) is 0 Å². The van der Waals surface area contributed by atoms with E-state index in [4.69, 9.17) is 4.74 Å². The van der Waals surface area contributed by atoms with Crippen molar-refractivity contribution >= 4 is 11.7 Å². The highest BCUT2D eigenvalue weighted by Crippen LogP contribution is 2.16. The van der Waals surface area contributed by atoms with E-state index in [1.807, 2.05) is 30.0 Å². The molecule has 0 aliphatic carbocycles. The summed E-state index contributed by atoms with van der Waals surface area (Å²) in [5.41, 5.74) is 2.20. The molecule has 0 saturated carbocycles. The number of nitrogens with zero attached hydrogens (tertiary/aromatic N) is 3. The summed E-state index contributed by atoms with van der Waals surface area (Å²) in [7, 11) is 0. The predicted octanol–water partition coefficient (Wildman–Crippen LogP) is 2.90. The molecule has 138 valence electrons. The van der Waals surface area contributed by atoms with Crippen LogP contribution in [0.15, 0.2) is 48.7 Å². The van der Waals surface area contributed by atoms with E-state index in [2.05, 4.69) is 39.5 Å². The molecule has 26 heavy (non-hydrogen) atoms. The number of para-hydroxylation sites is 1. The van der Waals surface area contributed by atoms with E-state index in [1.54, 1.807) is 6.20 Å². The van der Waals surface area contributed by atoms with Crippen LogP contribution in [-0.2, 0) is 6.54 Å². The molecule has 2 heterocycles. The average molecular weight is 354 g/mol. The minimum atomic E-state index is -0.0188. The third-order valence-electron chi connectivity index (χ3n) is 4.44. The van der Waals surface area contributed by atoms with Gasteiger partial charge in [0, 0.05) is 50.7 Å². The number of hydrogen-bond acceptors (Lipinski definition) is 4. The number of amides is 2. The number of benzene rings is 1. The van der Waals surface area contributed by atoms with Gasteiger partial charge in [0.2, 0.25) is 5.88 Å². The summed E-state index contributed by atoms with van der Waals surface area (Å²) >= 11 is 0. The lowest BCUT2D eigenvalue weighted by Gasteiger charge is -2.24. The second-order valence-electron chi connectivity index (χ2n) is 6.26. The monoisotopic (exact) mass is 354 g/mol. The fourth-order valence-corrected chi connectivity index (χ4v) is 3.09. The molecule has 3 rings (SSSR count). The zero-order chi connectivity index (χ0) is 18.2. The average Bonchev–Trinajstić information content (AvgIpc) is 2.94. The lowest BCUT2D eigenvalue weighted by Crippen LogP contribution is -2.41. The normalized spacial score (nSPS) is 14.7. The van der Waals surface area contributed by atoms with Crippen LogP contribution < -0.4 is 15.0 Å². The minimum Gasteiger partial charge on any atom is -0.478 e. The van der Waals surface area contributed by atoms with Gasteiger partial charge in [-0.15, -0.1) is 0 Å². The Morgan fingerprint density at radius 1 is 1.15 bits per heavy atom. The van der Waals surface area contributed by atoms with Crippen molar-refractivity contribution in [1.82, 2.24) is 15.2 Å². The van der Waals surface area contributed by atoms with Crippen LogP contribution in [-0.4, -0.2) is 48.7 Å². The molecule has 1 fully saturated rings. The maximum absolute atomic E-state index is 12.5. The van der Waals surface area contributed by atoms with Crippen LogP contribution in [0.25, 0.3) is 0 Å². The first-order valence-electron chi connectivity index (χ1n) is 9.17. The van der Waals surface area contributed by atoms with Crippen molar-refractivity contribution in [3.05, 3.63) is 54.2 Å². The van der Waals surface area contributed by atoms with Gasteiger partial charge in [-0.25, -0.2) is 9.78 Å². The molecule has 1 aliphatic heterocycles. The van der Waals surface area contributed by atoms with Gasteiger partial charge in [0.05, 0.1) is 6.61 Å². The van der Waals surface area contributed by atoms with E-state index in [1.165, 1.54) is 5.69 Å². The maximum Gasteiger partial charge on any atom is 0.317 e. The fourth-order valence-electron chi connectivity index (χ4n) is 3.09. The van der Waals surface area contributed by atoms with Gasteiger partial charge in [0.15, 0.2) is 0 Å². The van der Waals surface area contributed by atoms with Gasteiger partial charge >= 0.3 is 6.03 Å². The van der Waals surface area contributed by atoms with Crippen LogP contribution in [0, 0.1) is 0 Å². The quantitative estimate of drug-likeness (QED) is 0.897. The standard InChI is InChI=1S/C20H26N4O2/c1-2-26-19-15-17(9-10-21-19)16-22-20(25)24-12-6-11-23(13-14-24)18-7-4-3-5-8-18/h3-5,7-10,15H,2,6,11-14,16H2,1H3,(H,22,25). The lowest BCUT2D eigenvalue weighted by atomic mass is 10.2. The molecular formula is C20H26N4O2. The Kier molecular flexibility index (Phi) is 6.30. The number of ether oxygens (including phenoxy) is 1. The largest absolute Gasteiger partial charge is 0.478 e. The van der Waals surface area contributed by atoms with Crippen molar-refractivity contribution in [1.29, 1.82) is 0 Å². The van der Waals surface area contributed by atoms with E-state index in [0.29, 0.717) is 19.0 Å². The molecule has 1 aromatic heterocycles. The third-order valence-corrected chi connectivity index (χ3v) is 4.44. The Morgan fingerprint density at radius 3 is 2.81 bits per heavy atom. The highest BCUT2D eigenvalue weighted by molar-refractivity contribution is 5.74. The molecular weight excluding hydrogens is 328 g/mol. The Labute approximate surface area is 154 Å². The van der Waals surface area contributed by atoms with Crippen molar-refractivity contribution < 1.29 is 9.53 Å². The molecule has 0 radical (unpaired) electrons. The lowest BCUT2D eigenvalue weighted by molar-refractivity contribution is 0.201. The van der Waals surface area contributed by atoms with Crippen molar-refractivity contribution in [2.24, 2.45) is 0 Å². The molecule has 2 aromatic rings. The molecule has 1 aromatic carbocycles. The molecule has 6 heteroatoms. The molecule has 0 unspecified atom stereocenters. The van der Waals surface area contributed by atoms with Gasteiger partial charge in [-0.1, -0.05) is 18.2 Å². The molecule has 0 atom stereocenters. The number of anilines is 1. The van der Waals surface area contributed by atoms with Crippen LogP contribution >= 0.6 is 0 Å². The van der Waals surface area contributed by atoms with E-state index in [9.17, 15) is 4.79 Å². The summed E-state index contributed by atoms with van der Waals surface area (Å²) in [6.45, 7) is 6.29. The molecule has 6 nitrogen and oxygen atoms in total. The van der Waals surface area contributed by atoms with Gasteiger partial charge in [-0.05, 0) is 37.1 Å². The molecule has 1 saturated heterocycles. The third kappa shape index (κ3) is 4.88. The van der Waals surface area contributed by atoms with Crippen molar-refractivity contribution in [3.63, 3.8) is 0 Å². The van der Waals surface area contributed by atoms with Gasteiger partial charge in [-0.2, -0.15) is 0 Å². The summed E-state index contributed by atoms with van der Waals surface area (Å²) in [6, 6.07) is 14.1. The number of hydrogen-bond donors (Lipinski definition) is 1. The number of urea groups is 1. The van der Waals surface area contributed by atoms with Gasteiger partial charge in [0.25, 0.3) is 0 Å². The Balaban J connectivity index is 1.51. The van der Waals surface area contributed by atoms with Crippen molar-refractivity contribution in [2.45, 2.75) is 19.9 Å². The Hall–Kier alpha value is -2.76. The molecule has 2 amide bonds. The van der Waals surface area contributed by atoms with Crippen molar-refractivity contribution in [3.8, 4) is 5.88 Å². The minimum absolute atomic E-state index is 0.0188. The molecule has 1 N–H and O–H groups in total. The van der Waals surface area contributed by atoms with Crippen LogP contribution in [0.4, 0.5) is 10.5 Å². The topological polar surface area (TPSA) is 57.7 Å². The van der Waals surface area contributed by atoms with E-state index >= 15 is 0 Å². The number of nitrogens with one attached hydrogen (secondary N) is 1. The molecule has 0 bridgehead atoms. The smallest absolute Gasteiger partial charge is 0.317 e. The highest BCUT2D eigenvalue weighted by Gasteiger charge is 2.19. The number of rotatable bonds is 5. The summed E-state index contributed by atoms with van der Waals surface area (Å²) in [6.07, 6.45) is 2.67. The first-order chi connectivity index (χ1) is 12.8. The number of carbonyl (C=O) groups excluding carboxylic acids is 1. The Morgan fingerprint density at radius 2 is 2.00 bits per heavy atom. The van der Waals surface area contributed by atoms with Gasteiger partial charge in [0.1, 0.15) is 0 Å². The van der Waals surface area contributed by atoms with Gasteiger partial charge in [-0.3, -0.25) is 0 Å². The zero-order valence-corrected chi connectivity index (χ0v) is 15.2. The highest BCUT2D eigenvalue weighted by atomic mass is 16.5. The summed E-state index contributed by atoms with van der Waals surface area (Å²) in [5.74, 6) is 0.590. The number of pyridine rings is 1. The van der Waals surface area contributed by atoms with Crippen LogP contribution in [0.1, 0.15) is 18.9 Å². The van der Waals surface area contributed by atoms with E-state index in [-0.39, 0.29) is 6.03 Å². The first kappa shape index (κ1) is 18.0.